The van der Waals surface area contributed by atoms with Crippen molar-refractivity contribution in [1.82, 2.24) is 0 Å². The Labute approximate surface area is 729 Å². The van der Waals surface area contributed by atoms with E-state index in [1.54, 1.807) is 9.79 Å². The minimum atomic E-state index is 0.244. The fourth-order valence-corrected chi connectivity index (χ4v) is 33.5. The summed E-state index contributed by atoms with van der Waals surface area (Å²) in [4.78, 5) is 9.10. The minimum Gasteiger partial charge on any atom is -0.0652 e. The average molecular weight is 1670 g/mol. The third-order valence-corrected chi connectivity index (χ3v) is 38.2. The molecule has 0 unspecified atom stereocenters. The van der Waals surface area contributed by atoms with Crippen molar-refractivity contribution in [2.45, 2.75) is 207 Å². The normalized spacial score (nSPS) is 17.4. The maximum atomic E-state index is 2.38. The summed E-state index contributed by atoms with van der Waals surface area (Å²) in [7, 11) is 1.99. The second-order valence-corrected chi connectivity index (χ2v) is 46.3. The van der Waals surface area contributed by atoms with Crippen LogP contribution in [0.2, 0.25) is 0 Å². The van der Waals surface area contributed by atoms with E-state index < -0.39 is 0 Å². The first-order valence-corrected chi connectivity index (χ1v) is 53.2. The van der Waals surface area contributed by atoms with Gasteiger partial charge in [0.05, 0.1) is 38.9 Å². The molecule has 6 aliphatic carbocycles. The summed E-state index contributed by atoms with van der Waals surface area (Å²) in [6, 6.07) is 143. The maximum Gasteiger partial charge on any atom is 0.161 e. The van der Waals surface area contributed by atoms with Crippen molar-refractivity contribution in [3.05, 3.63) is 433 Å². The van der Waals surface area contributed by atoms with Crippen molar-refractivity contribution in [2.24, 2.45) is 17.8 Å². The van der Waals surface area contributed by atoms with E-state index >= 15 is 0 Å². The molecule has 13 aromatic rings. The van der Waals surface area contributed by atoms with Crippen molar-refractivity contribution < 1.29 is 0 Å². The van der Waals surface area contributed by atoms with Gasteiger partial charge in [-0.05, 0) is 189 Å². The van der Waals surface area contributed by atoms with Crippen molar-refractivity contribution in [3.8, 4) is 0 Å². The van der Waals surface area contributed by atoms with Gasteiger partial charge in [0.25, 0.3) is 0 Å². The van der Waals surface area contributed by atoms with Crippen LogP contribution in [0.5, 0.6) is 0 Å². The van der Waals surface area contributed by atoms with Gasteiger partial charge in [-0.3, -0.25) is 0 Å². The zero-order chi connectivity index (χ0) is 80.7. The average Bonchev–Trinajstić information content (AvgIpc) is 0.725. The third-order valence-electron chi connectivity index (χ3n) is 23.6. The third kappa shape index (κ3) is 28.3. The Morgan fingerprint density at radius 2 is 0.508 bits per heavy atom. The first-order valence-electron chi connectivity index (χ1n) is 44.0. The summed E-state index contributed by atoms with van der Waals surface area (Å²) >= 11 is 0. The van der Waals surface area contributed by atoms with Gasteiger partial charge in [0.2, 0.25) is 0 Å². The number of hydrogen-bond donors (Lipinski definition) is 0. The quantitative estimate of drug-likeness (QED) is 0.0474. The Hall–Kier alpha value is -8.04. The molecule has 19 rings (SSSR count). The van der Waals surface area contributed by atoms with E-state index in [9.17, 15) is 0 Å². The van der Waals surface area contributed by atoms with E-state index in [0.29, 0.717) is 37.4 Å². The van der Waals surface area contributed by atoms with Gasteiger partial charge in [-0.2, -0.15) is 0 Å². The fraction of sp³-hybridized carbons (Fsp3) is 0.304. The molecule has 0 atom stereocenters. The smallest absolute Gasteiger partial charge is 0.0652 e. The molecule has 6 fully saturated rings. The predicted octanol–water partition coefficient (Wildman–Crippen LogP) is 29.4. The number of rotatable bonds is 26. The van der Waals surface area contributed by atoms with Gasteiger partial charge in [0.1, 0.15) is 61.3 Å². The van der Waals surface area contributed by atoms with Crippen LogP contribution in [0.25, 0.3) is 0 Å². The molecule has 118 heavy (non-hydrogen) atoms. The Morgan fingerprint density at radius 3 is 0.797 bits per heavy atom. The largest absolute Gasteiger partial charge is 0.161 e. The lowest BCUT2D eigenvalue weighted by atomic mass is 9.56. The lowest BCUT2D eigenvalue weighted by Crippen LogP contribution is -2.54. The van der Waals surface area contributed by atoms with Crippen LogP contribution in [-0.2, 0) is 106 Å². The zero-order valence-electron chi connectivity index (χ0n) is 70.2. The van der Waals surface area contributed by atoms with Gasteiger partial charge in [0.15, 0.2) is 29.4 Å². The van der Waals surface area contributed by atoms with Crippen molar-refractivity contribution in [3.63, 3.8) is 0 Å². The van der Waals surface area contributed by atoms with Crippen LogP contribution in [0.3, 0.4) is 0 Å². The monoisotopic (exact) mass is 1660 g/mol. The zero-order valence-corrected chi connectivity index (χ0v) is 75.1. The molecular formula is C112H128S6+6. The van der Waals surface area contributed by atoms with Crippen LogP contribution in [0, 0.1) is 17.8 Å². The Balaban J connectivity index is 0.000000123. The SMILES string of the molecule is CCCC[S+](c1ccccc1)c1ccccc1.C[S+](Cc1ccccc1)Cc1ccccc1.c1ccc(C[S+](Cc2ccccc2)C2CCCCC2)cc1.c1ccc(C[S+](Cc2ccccc2)Cc2ccccc2)cc1.c1ccc([S+](c2ccccc2)C23CC4CC(CC(C4)C2)C3)cc1.c1ccc([S+](c2ccccc2)C2CCCCC2)cc1. The summed E-state index contributed by atoms with van der Waals surface area (Å²) in [6.45, 7) is 2.26. The van der Waals surface area contributed by atoms with Gasteiger partial charge in [0, 0.05) is 69.1 Å². The Kier molecular flexibility index (Phi) is 36.5. The molecule has 6 aliphatic rings. The first-order chi connectivity index (χ1) is 58.3. The highest BCUT2D eigenvalue weighted by Gasteiger charge is 2.61. The van der Waals surface area contributed by atoms with E-state index in [2.05, 4.69) is 407 Å². The highest BCUT2D eigenvalue weighted by Crippen LogP contribution is 2.61. The van der Waals surface area contributed by atoms with Crippen LogP contribution in [0.1, 0.15) is 161 Å². The number of benzene rings is 13. The second-order valence-electron chi connectivity index (χ2n) is 32.9. The van der Waals surface area contributed by atoms with E-state index in [-0.39, 0.29) is 32.7 Å². The summed E-state index contributed by atoms with van der Waals surface area (Å²) < 4.78 is 0.553. The molecule has 0 aromatic heterocycles. The Morgan fingerprint density at radius 1 is 0.263 bits per heavy atom. The maximum absolute atomic E-state index is 2.38. The highest BCUT2D eigenvalue weighted by molar-refractivity contribution is 7.98. The molecule has 13 aromatic carbocycles. The second kappa shape index (κ2) is 49.0. The van der Waals surface area contributed by atoms with Gasteiger partial charge in [-0.1, -0.05) is 348 Å². The molecule has 0 aliphatic heterocycles. The molecule has 6 saturated carbocycles. The van der Waals surface area contributed by atoms with Crippen LogP contribution >= 0.6 is 0 Å². The molecule has 0 heterocycles. The number of unbranched alkanes of at least 4 members (excludes halogenated alkanes) is 1. The minimum absolute atomic E-state index is 0.244. The van der Waals surface area contributed by atoms with Crippen LogP contribution < -0.4 is 0 Å². The molecule has 0 spiro atoms. The topological polar surface area (TPSA) is 0 Å². The van der Waals surface area contributed by atoms with Crippen LogP contribution in [0.15, 0.2) is 424 Å². The van der Waals surface area contributed by atoms with Gasteiger partial charge >= 0.3 is 0 Å². The first kappa shape index (κ1) is 87.8. The van der Waals surface area contributed by atoms with E-state index in [1.165, 1.54) is 203 Å². The van der Waals surface area contributed by atoms with Crippen LogP contribution in [-0.4, -0.2) is 27.3 Å². The van der Waals surface area contributed by atoms with Crippen molar-refractivity contribution in [2.75, 3.05) is 12.0 Å². The molecule has 0 N–H and O–H groups in total. The molecule has 606 valence electrons. The standard InChI is InChI=1S/C22H25S.C21H21S.C20H25S.C18H21S.C16H19S.C15H17S/c1-3-7-20(8-4-1)23(21-9-5-2-6-10-21)22-14-17-11-18(15-22)13-19(12-17)16-22;1-4-10-19(11-5-1)16-22(17-20-12-6-2-7-13-20)18-21-14-8-3-9-15-21;1-4-10-18(11-5-1)16-21(20-14-8-3-9-15-20)17-19-12-6-2-7-13-19;1-4-10-16(11-5-1)19(17-12-6-2-7-13-17)18-14-8-3-9-15-18;1-2-3-14-17(15-10-6-4-7-11-15)16-12-8-5-9-13-16;1-16(12-14-8-4-2-5-9-14)13-15-10-6-3-7-11-15/h1-10,17-19H,11-16H2;1-15H,16-18H2;1-2,4-7,10-13,20H,3,8-9,14-17H2;1-2,4-7,10-13,18H,3,8-9,14-15H2;4-13H,2-3,14H2,1H3;2-11H,12-13H2,1H3/q6*+1. The van der Waals surface area contributed by atoms with E-state index in [0.717, 1.165) is 45.5 Å². The molecule has 4 bridgehead atoms. The lowest BCUT2D eigenvalue weighted by molar-refractivity contribution is 0.0367. The number of hydrogen-bond acceptors (Lipinski definition) is 0. The predicted molar refractivity (Wildman–Crippen MR) is 524 cm³/mol. The molecular weight excluding hydrogens is 1540 g/mol. The lowest BCUT2D eigenvalue weighted by Gasteiger charge is -2.54. The fourth-order valence-electron chi connectivity index (χ4n) is 18.4. The molecule has 0 radical (unpaired) electrons. The summed E-state index contributed by atoms with van der Waals surface area (Å²) in [5, 5.41) is 1.79. The Bertz CT molecular complexity index is 4420. The van der Waals surface area contributed by atoms with Gasteiger partial charge in [-0.25, -0.2) is 0 Å². The van der Waals surface area contributed by atoms with Crippen LogP contribution in [0.4, 0.5) is 0 Å². The van der Waals surface area contributed by atoms with Gasteiger partial charge in [-0.15, -0.1) is 0 Å². The molecule has 0 saturated heterocycles. The van der Waals surface area contributed by atoms with Gasteiger partial charge < -0.3 is 0 Å². The van der Waals surface area contributed by atoms with E-state index in [4.69, 9.17) is 0 Å². The summed E-state index contributed by atoms with van der Waals surface area (Å²) in [5.74, 6) is 12.7. The molecule has 6 heteroatoms. The summed E-state index contributed by atoms with van der Waals surface area (Å²) in [6.07, 6.45) is 28.2. The highest BCUT2D eigenvalue weighted by atomic mass is 32.2. The van der Waals surface area contributed by atoms with Crippen molar-refractivity contribution >= 4 is 65.4 Å². The molecule has 0 nitrogen and oxygen atoms in total. The molecule has 0 amide bonds. The van der Waals surface area contributed by atoms with Crippen molar-refractivity contribution in [1.29, 1.82) is 0 Å². The summed E-state index contributed by atoms with van der Waals surface area (Å²) in [5.41, 5.74) is 10.3. The van der Waals surface area contributed by atoms with E-state index in [1.807, 2.05) is 0 Å².